The number of aliphatic imine (C=N–C) groups is 1. The second-order valence-electron chi connectivity index (χ2n) is 2.18. The number of aliphatic hydroxyl groups is 1. The number of nitrogens with one attached hydrogen (secondary N) is 1. The largest absolute Gasteiger partial charge is 0.392 e. The molecule has 0 aromatic carbocycles. The zero-order chi connectivity index (χ0) is 8.53. The van der Waals surface area contributed by atoms with Gasteiger partial charge in [0.05, 0.1) is 12.3 Å². The molecular formula is C8H16N2O. The van der Waals surface area contributed by atoms with Crippen molar-refractivity contribution >= 4 is 6.21 Å². The van der Waals surface area contributed by atoms with Gasteiger partial charge in [-0.3, -0.25) is 4.99 Å². The fraction of sp³-hybridized carbons (Fsp3) is 0.625. The quantitative estimate of drug-likeness (QED) is 0.581. The first-order valence-corrected chi connectivity index (χ1v) is 3.84. The molecule has 0 fully saturated rings. The molecule has 0 aliphatic heterocycles. The summed E-state index contributed by atoms with van der Waals surface area (Å²) in [6.45, 7) is 2.08. The molecular weight excluding hydrogens is 140 g/mol. The van der Waals surface area contributed by atoms with E-state index in [0.717, 1.165) is 12.8 Å². The van der Waals surface area contributed by atoms with Crippen LogP contribution >= 0.6 is 0 Å². The third-order valence-electron chi connectivity index (χ3n) is 1.15. The summed E-state index contributed by atoms with van der Waals surface area (Å²) in [5, 5.41) is 11.5. The number of nitrogens with zero attached hydrogens (tertiary/aromatic N) is 1. The molecule has 0 atom stereocenters. The van der Waals surface area contributed by atoms with E-state index in [-0.39, 0.29) is 6.61 Å². The van der Waals surface area contributed by atoms with Gasteiger partial charge in [-0.25, -0.2) is 0 Å². The Labute approximate surface area is 67.8 Å². The van der Waals surface area contributed by atoms with Gasteiger partial charge >= 0.3 is 0 Å². The van der Waals surface area contributed by atoms with Gasteiger partial charge in [0.15, 0.2) is 0 Å². The van der Waals surface area contributed by atoms with Crippen LogP contribution in [0.1, 0.15) is 19.8 Å². The van der Waals surface area contributed by atoms with Crippen molar-refractivity contribution in [3.05, 3.63) is 11.9 Å². The average Bonchev–Trinajstić information content (AvgIpc) is 2.03. The van der Waals surface area contributed by atoms with Crippen LogP contribution in [0.2, 0.25) is 0 Å². The van der Waals surface area contributed by atoms with Crippen molar-refractivity contribution in [2.45, 2.75) is 19.8 Å². The first-order chi connectivity index (χ1) is 5.35. The molecule has 0 aromatic heterocycles. The molecule has 0 aliphatic rings. The zero-order valence-corrected chi connectivity index (χ0v) is 7.17. The molecule has 0 bridgehead atoms. The standard InChI is InChI=1S/C8H16N2O/c1-3-4-5-10-8(7-11)6-9-2/h5-6,9,11H,3-4,7H2,1-2H3/b8-6-,10-5?. The zero-order valence-electron chi connectivity index (χ0n) is 7.17. The molecule has 3 heteroatoms. The highest BCUT2D eigenvalue weighted by atomic mass is 16.3. The molecule has 0 rings (SSSR count). The molecule has 0 saturated carbocycles. The molecule has 2 N–H and O–H groups in total. The fourth-order valence-corrected chi connectivity index (χ4v) is 0.601. The molecule has 11 heavy (non-hydrogen) atoms. The highest BCUT2D eigenvalue weighted by molar-refractivity contribution is 5.58. The van der Waals surface area contributed by atoms with Crippen LogP contribution in [0.4, 0.5) is 0 Å². The van der Waals surface area contributed by atoms with Crippen molar-refractivity contribution in [1.82, 2.24) is 5.32 Å². The van der Waals surface area contributed by atoms with Crippen LogP contribution in [0.5, 0.6) is 0 Å². The average molecular weight is 156 g/mol. The predicted molar refractivity (Wildman–Crippen MR) is 47.6 cm³/mol. The van der Waals surface area contributed by atoms with Crippen molar-refractivity contribution < 1.29 is 5.11 Å². The van der Waals surface area contributed by atoms with Crippen LogP contribution in [-0.4, -0.2) is 25.0 Å². The predicted octanol–water partition coefficient (Wildman–Crippen LogP) is 0.910. The summed E-state index contributed by atoms with van der Waals surface area (Å²) in [6.07, 6.45) is 5.55. The Morgan fingerprint density at radius 1 is 1.64 bits per heavy atom. The van der Waals surface area contributed by atoms with E-state index in [4.69, 9.17) is 5.11 Å². The Morgan fingerprint density at radius 2 is 2.36 bits per heavy atom. The molecule has 0 heterocycles. The Hall–Kier alpha value is -0.830. The SMILES string of the molecule is CCCC=N/C(=C\NC)CO. The van der Waals surface area contributed by atoms with Crippen molar-refractivity contribution in [3.63, 3.8) is 0 Å². The van der Waals surface area contributed by atoms with E-state index in [1.807, 2.05) is 6.21 Å². The highest BCUT2D eigenvalue weighted by Gasteiger charge is 1.86. The number of hydrogen-bond acceptors (Lipinski definition) is 3. The molecule has 0 amide bonds. The first-order valence-electron chi connectivity index (χ1n) is 3.84. The number of rotatable bonds is 5. The molecule has 0 unspecified atom stereocenters. The highest BCUT2D eigenvalue weighted by Crippen LogP contribution is 1.92. The van der Waals surface area contributed by atoms with E-state index in [9.17, 15) is 0 Å². The van der Waals surface area contributed by atoms with E-state index < -0.39 is 0 Å². The Balaban J connectivity index is 3.76. The maximum Gasteiger partial charge on any atom is 0.0867 e. The van der Waals surface area contributed by atoms with Crippen LogP contribution in [0.15, 0.2) is 16.9 Å². The van der Waals surface area contributed by atoms with Crippen molar-refractivity contribution in [2.75, 3.05) is 13.7 Å². The monoisotopic (exact) mass is 156 g/mol. The first kappa shape index (κ1) is 10.2. The second-order valence-corrected chi connectivity index (χ2v) is 2.18. The summed E-state index contributed by atoms with van der Waals surface area (Å²) in [5.74, 6) is 0. The third-order valence-corrected chi connectivity index (χ3v) is 1.15. The van der Waals surface area contributed by atoms with E-state index in [1.54, 1.807) is 13.2 Å². The van der Waals surface area contributed by atoms with Gasteiger partial charge in [-0.1, -0.05) is 13.3 Å². The summed E-state index contributed by atoms with van der Waals surface area (Å²) in [5.41, 5.74) is 0.668. The fourth-order valence-electron chi connectivity index (χ4n) is 0.601. The van der Waals surface area contributed by atoms with Gasteiger partial charge in [-0.05, 0) is 6.42 Å². The van der Waals surface area contributed by atoms with Crippen molar-refractivity contribution in [1.29, 1.82) is 0 Å². The second kappa shape index (κ2) is 7.28. The van der Waals surface area contributed by atoms with Crippen LogP contribution in [0.25, 0.3) is 0 Å². The van der Waals surface area contributed by atoms with Gasteiger partial charge in [-0.2, -0.15) is 0 Å². The van der Waals surface area contributed by atoms with Crippen LogP contribution in [-0.2, 0) is 0 Å². The lowest BCUT2D eigenvalue weighted by molar-refractivity contribution is 0.329. The Bertz CT molecular complexity index is 141. The molecule has 0 aromatic rings. The van der Waals surface area contributed by atoms with Crippen LogP contribution < -0.4 is 5.32 Å². The maximum atomic E-state index is 8.73. The summed E-state index contributed by atoms with van der Waals surface area (Å²) < 4.78 is 0. The maximum absolute atomic E-state index is 8.73. The topological polar surface area (TPSA) is 44.6 Å². The lowest BCUT2D eigenvalue weighted by atomic mass is 10.4. The van der Waals surface area contributed by atoms with Gasteiger partial charge in [0.2, 0.25) is 0 Å². The molecule has 0 saturated heterocycles. The van der Waals surface area contributed by atoms with Crippen LogP contribution in [0, 0.1) is 0 Å². The van der Waals surface area contributed by atoms with Gasteiger partial charge < -0.3 is 10.4 Å². The van der Waals surface area contributed by atoms with E-state index in [2.05, 4.69) is 17.2 Å². The molecule has 64 valence electrons. The minimum atomic E-state index is -0.0128. The van der Waals surface area contributed by atoms with E-state index in [0.29, 0.717) is 5.70 Å². The van der Waals surface area contributed by atoms with Crippen molar-refractivity contribution in [2.24, 2.45) is 4.99 Å². The number of hydrogen-bond donors (Lipinski definition) is 2. The van der Waals surface area contributed by atoms with E-state index in [1.165, 1.54) is 0 Å². The Kier molecular flexibility index (Phi) is 6.73. The van der Waals surface area contributed by atoms with Gasteiger partial charge in [0, 0.05) is 19.5 Å². The summed E-state index contributed by atoms with van der Waals surface area (Å²) in [4.78, 5) is 4.05. The van der Waals surface area contributed by atoms with Crippen LogP contribution in [0.3, 0.4) is 0 Å². The number of unbranched alkanes of at least 4 members (excludes halogenated alkanes) is 1. The lowest BCUT2D eigenvalue weighted by Crippen LogP contribution is -1.98. The minimum Gasteiger partial charge on any atom is -0.392 e. The van der Waals surface area contributed by atoms with Gasteiger partial charge in [0.25, 0.3) is 0 Å². The summed E-state index contributed by atoms with van der Waals surface area (Å²) >= 11 is 0. The molecule has 3 nitrogen and oxygen atoms in total. The van der Waals surface area contributed by atoms with Gasteiger partial charge in [-0.15, -0.1) is 0 Å². The summed E-state index contributed by atoms with van der Waals surface area (Å²) in [7, 11) is 1.78. The van der Waals surface area contributed by atoms with Crippen molar-refractivity contribution in [3.8, 4) is 0 Å². The lowest BCUT2D eigenvalue weighted by Gasteiger charge is -1.94. The molecule has 0 spiro atoms. The minimum absolute atomic E-state index is 0.0128. The normalized spacial score (nSPS) is 12.5. The molecule has 0 radical (unpaired) electrons. The smallest absolute Gasteiger partial charge is 0.0867 e. The third kappa shape index (κ3) is 5.61. The van der Waals surface area contributed by atoms with Gasteiger partial charge in [0.1, 0.15) is 0 Å². The Morgan fingerprint density at radius 3 is 2.82 bits per heavy atom. The number of aliphatic hydroxyl groups excluding tert-OH is 1. The summed E-state index contributed by atoms with van der Waals surface area (Å²) in [6, 6.07) is 0. The molecule has 0 aliphatic carbocycles. The van der Waals surface area contributed by atoms with E-state index >= 15 is 0 Å².